The zero-order valence-electron chi connectivity index (χ0n) is 15.5. The van der Waals surface area contributed by atoms with Gasteiger partial charge in [0.05, 0.1) is 24.6 Å². The third-order valence-corrected chi connectivity index (χ3v) is 4.53. The molecule has 2 aromatic rings. The lowest BCUT2D eigenvalue weighted by Crippen LogP contribution is -2.37. The number of hydrogen-bond donors (Lipinski definition) is 0. The minimum Gasteiger partial charge on any atom is -0.467 e. The Balaban J connectivity index is 1.83. The van der Waals surface area contributed by atoms with Crippen LogP contribution in [-0.2, 0) is 23.7 Å². The van der Waals surface area contributed by atoms with Gasteiger partial charge in [-0.15, -0.1) is 0 Å². The van der Waals surface area contributed by atoms with Crippen LogP contribution in [-0.4, -0.2) is 39.8 Å². The van der Waals surface area contributed by atoms with Crippen molar-refractivity contribution in [2.45, 2.75) is 51.7 Å². The van der Waals surface area contributed by atoms with Crippen LogP contribution in [0.5, 0.6) is 0 Å². The molecule has 0 aliphatic carbocycles. The van der Waals surface area contributed by atoms with Crippen molar-refractivity contribution in [1.29, 1.82) is 0 Å². The monoisotopic (exact) mass is 345 g/mol. The van der Waals surface area contributed by atoms with Crippen LogP contribution in [0, 0.1) is 0 Å². The van der Waals surface area contributed by atoms with E-state index in [0.29, 0.717) is 18.8 Å². The van der Waals surface area contributed by atoms with Crippen LogP contribution < -0.4 is 0 Å². The number of carbonyl (C=O) groups excluding carboxylic acids is 1. The number of carbonyl (C=O) groups is 1. The topological polar surface area (TPSA) is 60.5 Å². The Kier molecular flexibility index (Phi) is 4.99. The van der Waals surface area contributed by atoms with Gasteiger partial charge in [0.15, 0.2) is 0 Å². The highest BCUT2D eigenvalue weighted by atomic mass is 16.5. The van der Waals surface area contributed by atoms with E-state index in [2.05, 4.69) is 25.9 Å². The predicted octanol–water partition coefficient (Wildman–Crippen LogP) is 3.13. The van der Waals surface area contributed by atoms with Crippen LogP contribution in [0.25, 0.3) is 0 Å². The van der Waals surface area contributed by atoms with E-state index >= 15 is 0 Å². The first-order valence-electron chi connectivity index (χ1n) is 8.82. The average Bonchev–Trinajstić information content (AvgIpc) is 3.26. The first-order chi connectivity index (χ1) is 11.8. The van der Waals surface area contributed by atoms with E-state index in [0.717, 1.165) is 30.9 Å². The zero-order valence-corrected chi connectivity index (χ0v) is 15.5. The Morgan fingerprint density at radius 1 is 1.44 bits per heavy atom. The van der Waals surface area contributed by atoms with Crippen molar-refractivity contribution in [2.75, 3.05) is 13.2 Å². The van der Waals surface area contributed by atoms with Gasteiger partial charge < -0.3 is 14.1 Å². The van der Waals surface area contributed by atoms with Crippen LogP contribution in [0.15, 0.2) is 28.9 Å². The summed E-state index contributed by atoms with van der Waals surface area (Å²) in [5.74, 6) is 0.724. The summed E-state index contributed by atoms with van der Waals surface area (Å²) in [5.41, 5.74) is 1.40. The summed E-state index contributed by atoms with van der Waals surface area (Å²) in [5, 5.41) is 4.53. The second-order valence-corrected chi connectivity index (χ2v) is 7.69. The van der Waals surface area contributed by atoms with E-state index < -0.39 is 0 Å². The minimum atomic E-state index is -0.101. The number of ether oxygens (including phenoxy) is 1. The van der Waals surface area contributed by atoms with Crippen molar-refractivity contribution < 1.29 is 13.9 Å². The van der Waals surface area contributed by atoms with Crippen molar-refractivity contribution >= 4 is 5.91 Å². The van der Waals surface area contributed by atoms with Gasteiger partial charge >= 0.3 is 0 Å². The summed E-state index contributed by atoms with van der Waals surface area (Å²) in [7, 11) is 1.82. The molecule has 6 heteroatoms. The maximum atomic E-state index is 13.2. The zero-order chi connectivity index (χ0) is 18.0. The number of aromatic nitrogens is 2. The number of hydrogen-bond acceptors (Lipinski definition) is 4. The highest BCUT2D eigenvalue weighted by Crippen LogP contribution is 2.23. The molecule has 0 unspecified atom stereocenters. The summed E-state index contributed by atoms with van der Waals surface area (Å²) in [6, 6.07) is 5.62. The van der Waals surface area contributed by atoms with Gasteiger partial charge in [-0.3, -0.25) is 9.48 Å². The SMILES string of the molecule is Cn1nc(C(C)(C)C)cc1C(=O)N(Cc1ccco1)C[C@H]1CCCO1. The molecule has 0 spiro atoms. The van der Waals surface area contributed by atoms with Gasteiger partial charge in [0.25, 0.3) is 5.91 Å². The summed E-state index contributed by atoms with van der Waals surface area (Å²) >= 11 is 0. The molecule has 1 saturated heterocycles. The quantitative estimate of drug-likeness (QED) is 0.835. The maximum Gasteiger partial charge on any atom is 0.272 e. The van der Waals surface area contributed by atoms with Gasteiger partial charge in [0.1, 0.15) is 11.5 Å². The van der Waals surface area contributed by atoms with E-state index in [1.807, 2.05) is 25.2 Å². The first-order valence-corrected chi connectivity index (χ1v) is 8.82. The van der Waals surface area contributed by atoms with Crippen LogP contribution in [0.4, 0.5) is 0 Å². The Bertz CT molecular complexity index is 707. The van der Waals surface area contributed by atoms with Gasteiger partial charge in [0, 0.05) is 25.6 Å². The fraction of sp³-hybridized carbons (Fsp3) is 0.579. The van der Waals surface area contributed by atoms with Crippen molar-refractivity contribution in [3.63, 3.8) is 0 Å². The highest BCUT2D eigenvalue weighted by Gasteiger charge is 2.28. The standard InChI is InChI=1S/C19H27N3O3/c1-19(2,3)17-11-16(21(4)20-17)18(23)22(12-14-7-5-9-24-14)13-15-8-6-10-25-15/h5,7,9,11,15H,6,8,10,12-13H2,1-4H3/t15-/m1/s1. The van der Waals surface area contributed by atoms with Crippen molar-refractivity contribution in [3.05, 3.63) is 41.6 Å². The lowest BCUT2D eigenvalue weighted by molar-refractivity contribution is 0.0483. The van der Waals surface area contributed by atoms with Gasteiger partial charge in [-0.2, -0.15) is 5.10 Å². The number of rotatable bonds is 5. The number of aryl methyl sites for hydroxylation is 1. The lowest BCUT2D eigenvalue weighted by Gasteiger charge is -2.24. The molecule has 1 aliphatic heterocycles. The molecular weight excluding hydrogens is 318 g/mol. The molecule has 0 N–H and O–H groups in total. The second kappa shape index (κ2) is 7.04. The number of nitrogens with zero attached hydrogens (tertiary/aromatic N) is 3. The van der Waals surface area contributed by atoms with E-state index in [9.17, 15) is 4.79 Å². The third kappa shape index (κ3) is 4.12. The van der Waals surface area contributed by atoms with Crippen LogP contribution in [0.1, 0.15) is 55.6 Å². The van der Waals surface area contributed by atoms with Crippen LogP contribution >= 0.6 is 0 Å². The summed E-state index contributed by atoms with van der Waals surface area (Å²) in [4.78, 5) is 15.0. The molecule has 1 atom stereocenters. The van der Waals surface area contributed by atoms with E-state index in [1.165, 1.54) is 0 Å². The Hall–Kier alpha value is -2.08. The Labute approximate surface area is 148 Å². The second-order valence-electron chi connectivity index (χ2n) is 7.69. The third-order valence-electron chi connectivity index (χ3n) is 4.53. The fourth-order valence-electron chi connectivity index (χ4n) is 3.04. The molecule has 0 bridgehead atoms. The molecule has 3 heterocycles. The molecule has 0 aromatic carbocycles. The first kappa shape index (κ1) is 17.7. The average molecular weight is 345 g/mol. The largest absolute Gasteiger partial charge is 0.467 e. The van der Waals surface area contributed by atoms with Crippen LogP contribution in [0.2, 0.25) is 0 Å². The molecule has 3 rings (SSSR count). The van der Waals surface area contributed by atoms with Gasteiger partial charge in [-0.1, -0.05) is 20.8 Å². The molecule has 1 fully saturated rings. The Morgan fingerprint density at radius 3 is 2.80 bits per heavy atom. The molecule has 136 valence electrons. The maximum absolute atomic E-state index is 13.2. The van der Waals surface area contributed by atoms with Gasteiger partial charge in [-0.05, 0) is 31.0 Å². The van der Waals surface area contributed by atoms with Crippen molar-refractivity contribution in [3.8, 4) is 0 Å². The molecule has 2 aromatic heterocycles. The normalized spacial score (nSPS) is 17.8. The minimum absolute atomic E-state index is 0.0441. The smallest absolute Gasteiger partial charge is 0.272 e. The Morgan fingerprint density at radius 2 is 2.24 bits per heavy atom. The number of furan rings is 1. The molecule has 1 aliphatic rings. The van der Waals surface area contributed by atoms with Crippen molar-refractivity contribution in [2.24, 2.45) is 7.05 Å². The molecule has 6 nitrogen and oxygen atoms in total. The lowest BCUT2D eigenvalue weighted by atomic mass is 9.92. The van der Waals surface area contributed by atoms with Gasteiger partial charge in [0.2, 0.25) is 0 Å². The summed E-state index contributed by atoms with van der Waals surface area (Å²) in [6.45, 7) is 8.05. The van der Waals surface area contributed by atoms with Gasteiger partial charge in [-0.25, -0.2) is 0 Å². The number of amides is 1. The molecular formula is C19H27N3O3. The molecule has 1 amide bonds. The van der Waals surface area contributed by atoms with E-state index in [1.54, 1.807) is 15.8 Å². The molecule has 0 saturated carbocycles. The fourth-order valence-corrected chi connectivity index (χ4v) is 3.04. The molecule has 0 radical (unpaired) electrons. The van der Waals surface area contributed by atoms with Crippen molar-refractivity contribution in [1.82, 2.24) is 14.7 Å². The summed E-state index contributed by atoms with van der Waals surface area (Å²) < 4.78 is 12.9. The van der Waals surface area contributed by atoms with E-state index in [4.69, 9.17) is 9.15 Å². The van der Waals surface area contributed by atoms with Crippen LogP contribution in [0.3, 0.4) is 0 Å². The summed E-state index contributed by atoms with van der Waals surface area (Å²) in [6.07, 6.45) is 3.76. The molecule has 25 heavy (non-hydrogen) atoms. The predicted molar refractivity (Wildman–Crippen MR) is 94.3 cm³/mol. The highest BCUT2D eigenvalue weighted by molar-refractivity contribution is 5.92. The van der Waals surface area contributed by atoms with E-state index in [-0.39, 0.29) is 17.4 Å².